The zero-order chi connectivity index (χ0) is 14.3. The highest BCUT2D eigenvalue weighted by atomic mass is 79.9. The molecule has 19 heavy (non-hydrogen) atoms. The number of nitrogens with zero attached hydrogens (tertiary/aromatic N) is 1. The molecule has 0 spiro atoms. The average molecular weight is 329 g/mol. The van der Waals surface area contributed by atoms with Crippen LogP contribution in [-0.2, 0) is 11.2 Å². The van der Waals surface area contributed by atoms with Gasteiger partial charge in [-0.25, -0.2) is 4.79 Å². The number of carbonyl (C=O) groups is 2. The molecule has 1 rings (SSSR count). The van der Waals surface area contributed by atoms with Crippen molar-refractivity contribution in [2.75, 3.05) is 20.1 Å². The number of nitrogens with one attached hydrogen (secondary N) is 1. The Morgan fingerprint density at radius 1 is 1.37 bits per heavy atom. The molecule has 0 radical (unpaired) electrons. The van der Waals surface area contributed by atoms with Crippen molar-refractivity contribution < 1.29 is 14.7 Å². The van der Waals surface area contributed by atoms with E-state index in [2.05, 4.69) is 21.2 Å². The van der Waals surface area contributed by atoms with Gasteiger partial charge in [0.25, 0.3) is 0 Å². The van der Waals surface area contributed by atoms with Crippen LogP contribution in [0, 0.1) is 0 Å². The van der Waals surface area contributed by atoms with Gasteiger partial charge in [0, 0.05) is 24.6 Å². The quantitative estimate of drug-likeness (QED) is 0.840. The summed E-state index contributed by atoms with van der Waals surface area (Å²) >= 11 is 3.44. The molecule has 1 aromatic rings. The second-order valence-electron chi connectivity index (χ2n) is 4.14. The van der Waals surface area contributed by atoms with E-state index in [1.54, 1.807) is 7.05 Å². The van der Waals surface area contributed by atoms with E-state index < -0.39 is 5.97 Å². The minimum Gasteiger partial charge on any atom is -0.481 e. The lowest BCUT2D eigenvalue weighted by Crippen LogP contribution is -2.39. The number of aliphatic carboxylic acids is 1. The molecule has 6 heteroatoms. The molecule has 0 aliphatic heterocycles. The SMILES string of the molecule is CN(CCC(=O)O)C(=O)NCCc1ccccc1Br. The molecule has 0 saturated heterocycles. The summed E-state index contributed by atoms with van der Waals surface area (Å²) in [6.07, 6.45) is 0.675. The van der Waals surface area contributed by atoms with Crippen LogP contribution in [0.1, 0.15) is 12.0 Å². The highest BCUT2D eigenvalue weighted by Crippen LogP contribution is 2.15. The smallest absolute Gasteiger partial charge is 0.317 e. The van der Waals surface area contributed by atoms with Gasteiger partial charge in [-0.3, -0.25) is 4.79 Å². The molecule has 2 amide bonds. The topological polar surface area (TPSA) is 69.6 Å². The van der Waals surface area contributed by atoms with Crippen LogP contribution in [-0.4, -0.2) is 42.1 Å². The van der Waals surface area contributed by atoms with Gasteiger partial charge in [0.2, 0.25) is 0 Å². The van der Waals surface area contributed by atoms with Gasteiger partial charge < -0.3 is 15.3 Å². The standard InChI is InChI=1S/C13H17BrN2O3/c1-16(9-7-12(17)18)13(19)15-8-6-10-4-2-3-5-11(10)14/h2-5H,6-9H2,1H3,(H,15,19)(H,17,18). The zero-order valence-corrected chi connectivity index (χ0v) is 12.3. The van der Waals surface area contributed by atoms with Gasteiger partial charge in [-0.1, -0.05) is 34.1 Å². The maximum atomic E-state index is 11.6. The molecule has 0 saturated carbocycles. The predicted octanol–water partition coefficient (Wildman–Crippen LogP) is 2.11. The fourth-order valence-electron chi connectivity index (χ4n) is 1.51. The van der Waals surface area contributed by atoms with Crippen LogP contribution >= 0.6 is 15.9 Å². The second-order valence-corrected chi connectivity index (χ2v) is 4.99. The molecule has 2 N–H and O–H groups in total. The Morgan fingerprint density at radius 3 is 2.68 bits per heavy atom. The van der Waals surface area contributed by atoms with Crippen LogP contribution in [0.5, 0.6) is 0 Å². The number of urea groups is 1. The van der Waals surface area contributed by atoms with Crippen molar-refractivity contribution in [1.82, 2.24) is 10.2 Å². The first-order chi connectivity index (χ1) is 9.00. The molecule has 0 unspecified atom stereocenters. The highest BCUT2D eigenvalue weighted by Gasteiger charge is 2.09. The Kier molecular flexibility index (Phi) is 6.35. The summed E-state index contributed by atoms with van der Waals surface area (Å²) < 4.78 is 1.02. The maximum Gasteiger partial charge on any atom is 0.317 e. The third kappa shape index (κ3) is 5.74. The van der Waals surface area contributed by atoms with Gasteiger partial charge in [-0.05, 0) is 18.1 Å². The number of hydrogen-bond donors (Lipinski definition) is 2. The lowest BCUT2D eigenvalue weighted by atomic mass is 10.1. The van der Waals surface area contributed by atoms with Crippen LogP contribution in [0.4, 0.5) is 4.79 Å². The number of halogens is 1. The Labute approximate surface area is 120 Å². The zero-order valence-electron chi connectivity index (χ0n) is 10.7. The molecule has 0 aromatic heterocycles. The van der Waals surface area contributed by atoms with Crippen LogP contribution in [0.15, 0.2) is 28.7 Å². The lowest BCUT2D eigenvalue weighted by molar-refractivity contribution is -0.137. The minimum atomic E-state index is -0.909. The normalized spacial score (nSPS) is 10.0. The molecule has 104 valence electrons. The molecule has 1 aromatic carbocycles. The monoisotopic (exact) mass is 328 g/mol. The molecule has 0 fully saturated rings. The third-order valence-corrected chi connectivity index (χ3v) is 3.41. The van der Waals surface area contributed by atoms with Gasteiger partial charge in [0.15, 0.2) is 0 Å². The third-order valence-electron chi connectivity index (χ3n) is 2.64. The summed E-state index contributed by atoms with van der Waals surface area (Å²) in [4.78, 5) is 23.4. The summed E-state index contributed by atoms with van der Waals surface area (Å²) in [5.74, 6) is -0.909. The fourth-order valence-corrected chi connectivity index (χ4v) is 1.99. The van der Waals surface area contributed by atoms with Crippen LogP contribution in [0.2, 0.25) is 0 Å². The van der Waals surface area contributed by atoms with Crippen molar-refractivity contribution in [2.45, 2.75) is 12.8 Å². The first kappa shape index (κ1) is 15.5. The number of amides is 2. The minimum absolute atomic E-state index is 0.0475. The molecule has 0 heterocycles. The number of carbonyl (C=O) groups excluding carboxylic acids is 1. The highest BCUT2D eigenvalue weighted by molar-refractivity contribution is 9.10. The van der Waals surface area contributed by atoms with Crippen molar-refractivity contribution in [1.29, 1.82) is 0 Å². The van der Waals surface area contributed by atoms with Crippen molar-refractivity contribution >= 4 is 27.9 Å². The number of benzene rings is 1. The largest absolute Gasteiger partial charge is 0.481 e. The first-order valence-corrected chi connectivity index (χ1v) is 6.74. The number of carboxylic acids is 1. The Bertz CT molecular complexity index is 451. The Hall–Kier alpha value is -1.56. The molecule has 0 aliphatic rings. The van der Waals surface area contributed by atoms with E-state index in [0.29, 0.717) is 6.54 Å². The number of hydrogen-bond acceptors (Lipinski definition) is 2. The van der Waals surface area contributed by atoms with Gasteiger partial charge in [-0.2, -0.15) is 0 Å². The van der Waals surface area contributed by atoms with Crippen LogP contribution in [0.3, 0.4) is 0 Å². The first-order valence-electron chi connectivity index (χ1n) is 5.95. The second kappa shape index (κ2) is 7.78. The van der Waals surface area contributed by atoms with Gasteiger partial charge >= 0.3 is 12.0 Å². The molecule has 0 bridgehead atoms. The number of rotatable bonds is 6. The van der Waals surface area contributed by atoms with E-state index in [1.165, 1.54) is 4.90 Å². The van der Waals surface area contributed by atoms with Gasteiger partial charge in [0.1, 0.15) is 0 Å². The van der Waals surface area contributed by atoms with Crippen molar-refractivity contribution in [3.05, 3.63) is 34.3 Å². The Balaban J connectivity index is 2.31. The summed E-state index contributed by atoms with van der Waals surface area (Å²) in [6, 6.07) is 7.57. The van der Waals surface area contributed by atoms with Crippen LogP contribution in [0.25, 0.3) is 0 Å². The predicted molar refractivity (Wildman–Crippen MR) is 76.1 cm³/mol. The van der Waals surface area contributed by atoms with Crippen LogP contribution < -0.4 is 5.32 Å². The molecule has 0 aliphatic carbocycles. The average Bonchev–Trinajstić information content (AvgIpc) is 2.38. The van der Waals surface area contributed by atoms with E-state index in [0.717, 1.165) is 16.5 Å². The van der Waals surface area contributed by atoms with Crippen molar-refractivity contribution in [2.24, 2.45) is 0 Å². The number of carboxylic acid groups (broad SMARTS) is 1. The van der Waals surface area contributed by atoms with E-state index >= 15 is 0 Å². The molecule has 5 nitrogen and oxygen atoms in total. The van der Waals surface area contributed by atoms with Gasteiger partial charge in [0.05, 0.1) is 6.42 Å². The van der Waals surface area contributed by atoms with E-state index in [1.807, 2.05) is 24.3 Å². The summed E-state index contributed by atoms with van der Waals surface area (Å²) in [5.41, 5.74) is 1.12. The van der Waals surface area contributed by atoms with E-state index in [9.17, 15) is 9.59 Å². The summed E-state index contributed by atoms with van der Waals surface area (Å²) in [6.45, 7) is 0.717. The Morgan fingerprint density at radius 2 is 2.05 bits per heavy atom. The molecular weight excluding hydrogens is 312 g/mol. The maximum absolute atomic E-state index is 11.6. The fraction of sp³-hybridized carbons (Fsp3) is 0.385. The van der Waals surface area contributed by atoms with E-state index in [4.69, 9.17) is 5.11 Å². The lowest BCUT2D eigenvalue weighted by Gasteiger charge is -2.17. The molecular formula is C13H17BrN2O3. The molecule has 0 atom stereocenters. The van der Waals surface area contributed by atoms with Crippen molar-refractivity contribution in [3.8, 4) is 0 Å². The summed E-state index contributed by atoms with van der Waals surface area (Å²) in [7, 11) is 1.58. The van der Waals surface area contributed by atoms with Gasteiger partial charge in [-0.15, -0.1) is 0 Å². The van der Waals surface area contributed by atoms with E-state index in [-0.39, 0.29) is 19.0 Å². The van der Waals surface area contributed by atoms with Crippen molar-refractivity contribution in [3.63, 3.8) is 0 Å². The summed E-state index contributed by atoms with van der Waals surface area (Å²) in [5, 5.41) is 11.3.